The van der Waals surface area contributed by atoms with Crippen molar-refractivity contribution in [2.24, 2.45) is 0 Å². The van der Waals surface area contributed by atoms with Gasteiger partial charge in [-0.15, -0.1) is 0 Å². The van der Waals surface area contributed by atoms with Gasteiger partial charge in [-0.05, 0) is 35.4 Å². The fourth-order valence-corrected chi connectivity index (χ4v) is 4.19. The van der Waals surface area contributed by atoms with Crippen molar-refractivity contribution in [1.29, 1.82) is 0 Å². The fraction of sp³-hybridized carbons (Fsp3) is 0.111. The smallest absolute Gasteiger partial charge is 0.325 e. The largest absolute Gasteiger partial charge is 0.333 e. The maximum absolute atomic E-state index is 13.6. The summed E-state index contributed by atoms with van der Waals surface area (Å²) >= 11 is 5.91. The molecule has 1 amide bonds. The molecule has 3 aromatic carbocycles. The van der Waals surface area contributed by atoms with Crippen molar-refractivity contribution in [3.05, 3.63) is 128 Å². The van der Waals surface area contributed by atoms with Gasteiger partial charge in [-0.2, -0.15) is 0 Å². The van der Waals surface area contributed by atoms with Gasteiger partial charge in [0, 0.05) is 17.3 Å². The van der Waals surface area contributed by atoms with Crippen LogP contribution in [0.25, 0.3) is 11.2 Å². The summed E-state index contributed by atoms with van der Waals surface area (Å²) in [6.45, 7) is 0.159. The molecule has 180 valence electrons. The summed E-state index contributed by atoms with van der Waals surface area (Å²) < 4.78 is 4.10. The van der Waals surface area contributed by atoms with E-state index in [1.165, 1.54) is 4.57 Å². The molecule has 0 fully saturated rings. The van der Waals surface area contributed by atoms with Gasteiger partial charge < -0.3 is 9.88 Å². The quantitative estimate of drug-likeness (QED) is 0.369. The van der Waals surface area contributed by atoms with Crippen molar-refractivity contribution >= 4 is 34.4 Å². The lowest BCUT2D eigenvalue weighted by molar-refractivity contribution is -0.116. The monoisotopic (exact) mass is 499 g/mol. The molecule has 0 atom stereocenters. The van der Waals surface area contributed by atoms with E-state index < -0.39 is 23.7 Å². The SMILES string of the molecule is O=C(Cn1c(=O)c2c(ncn2Cc2ccccc2)n(Cc2ccccc2)c1=O)Nc1ccc(Cl)cc1. The van der Waals surface area contributed by atoms with Crippen molar-refractivity contribution < 1.29 is 4.79 Å². The Kier molecular flexibility index (Phi) is 6.51. The molecule has 2 heterocycles. The van der Waals surface area contributed by atoms with Gasteiger partial charge in [0.15, 0.2) is 11.2 Å². The summed E-state index contributed by atoms with van der Waals surface area (Å²) in [5, 5.41) is 3.24. The molecule has 0 saturated heterocycles. The Morgan fingerprint density at radius 2 is 1.42 bits per heavy atom. The van der Waals surface area contributed by atoms with Crippen LogP contribution in [0.15, 0.2) is 101 Å². The molecule has 36 heavy (non-hydrogen) atoms. The van der Waals surface area contributed by atoms with Crippen molar-refractivity contribution in [3.8, 4) is 0 Å². The number of rotatable bonds is 7. The van der Waals surface area contributed by atoms with Crippen molar-refractivity contribution in [2.75, 3.05) is 5.32 Å². The highest BCUT2D eigenvalue weighted by Crippen LogP contribution is 2.14. The minimum atomic E-state index is -0.604. The highest BCUT2D eigenvalue weighted by Gasteiger charge is 2.20. The van der Waals surface area contributed by atoms with Gasteiger partial charge >= 0.3 is 5.69 Å². The highest BCUT2D eigenvalue weighted by atomic mass is 35.5. The Balaban J connectivity index is 1.59. The number of carbonyl (C=O) groups excluding carboxylic acids is 1. The van der Waals surface area contributed by atoms with Gasteiger partial charge in [0.25, 0.3) is 5.56 Å². The maximum Gasteiger partial charge on any atom is 0.333 e. The number of carbonyl (C=O) groups is 1. The van der Waals surface area contributed by atoms with Crippen LogP contribution in [0.3, 0.4) is 0 Å². The Morgan fingerprint density at radius 3 is 2.06 bits per heavy atom. The first kappa shape index (κ1) is 23.3. The molecule has 0 saturated carbocycles. The molecule has 2 aromatic heterocycles. The van der Waals surface area contributed by atoms with E-state index in [0.29, 0.717) is 17.3 Å². The Labute approximate surface area is 211 Å². The molecule has 8 nitrogen and oxygen atoms in total. The van der Waals surface area contributed by atoms with Crippen LogP contribution in [-0.4, -0.2) is 24.6 Å². The van der Waals surface area contributed by atoms with Crippen molar-refractivity contribution in [1.82, 2.24) is 18.7 Å². The van der Waals surface area contributed by atoms with Gasteiger partial charge in [-0.1, -0.05) is 72.3 Å². The number of benzene rings is 3. The third-order valence-electron chi connectivity index (χ3n) is 5.79. The second-order valence-corrected chi connectivity index (χ2v) is 8.77. The summed E-state index contributed by atoms with van der Waals surface area (Å²) in [6, 6.07) is 25.6. The van der Waals surface area contributed by atoms with Gasteiger partial charge in [-0.3, -0.25) is 14.2 Å². The van der Waals surface area contributed by atoms with E-state index in [1.807, 2.05) is 60.7 Å². The topological polar surface area (TPSA) is 90.9 Å². The number of fused-ring (bicyclic) bond motifs is 1. The van der Waals surface area contributed by atoms with E-state index in [-0.39, 0.29) is 17.7 Å². The molecular weight excluding hydrogens is 478 g/mol. The summed E-state index contributed by atoms with van der Waals surface area (Å²) in [4.78, 5) is 44.3. The van der Waals surface area contributed by atoms with E-state index >= 15 is 0 Å². The van der Waals surface area contributed by atoms with Crippen molar-refractivity contribution in [3.63, 3.8) is 0 Å². The number of nitrogens with zero attached hydrogens (tertiary/aromatic N) is 4. The van der Waals surface area contributed by atoms with Crippen LogP contribution in [0.5, 0.6) is 0 Å². The van der Waals surface area contributed by atoms with E-state index in [2.05, 4.69) is 10.3 Å². The van der Waals surface area contributed by atoms with Crippen LogP contribution in [0.1, 0.15) is 11.1 Å². The maximum atomic E-state index is 13.6. The third kappa shape index (κ3) is 4.85. The molecule has 5 rings (SSSR count). The molecule has 0 unspecified atom stereocenters. The Morgan fingerprint density at radius 1 is 0.806 bits per heavy atom. The first-order valence-electron chi connectivity index (χ1n) is 11.3. The number of imidazole rings is 1. The molecule has 5 aromatic rings. The minimum Gasteiger partial charge on any atom is -0.325 e. The Bertz CT molecular complexity index is 1640. The van der Waals surface area contributed by atoms with Gasteiger partial charge in [0.05, 0.1) is 12.9 Å². The molecule has 1 N–H and O–H groups in total. The zero-order chi connectivity index (χ0) is 25.1. The number of hydrogen-bond acceptors (Lipinski definition) is 4. The zero-order valence-electron chi connectivity index (χ0n) is 19.2. The fourth-order valence-electron chi connectivity index (χ4n) is 4.06. The van der Waals surface area contributed by atoms with Crippen LogP contribution in [0, 0.1) is 0 Å². The van der Waals surface area contributed by atoms with Crippen LogP contribution < -0.4 is 16.6 Å². The number of amides is 1. The number of hydrogen-bond donors (Lipinski definition) is 1. The molecule has 0 aliphatic carbocycles. The number of nitrogens with one attached hydrogen (secondary N) is 1. The van der Waals surface area contributed by atoms with Gasteiger partial charge in [0.2, 0.25) is 5.91 Å². The van der Waals surface area contributed by atoms with E-state index in [4.69, 9.17) is 11.6 Å². The lowest BCUT2D eigenvalue weighted by Gasteiger charge is -2.13. The van der Waals surface area contributed by atoms with E-state index in [9.17, 15) is 14.4 Å². The highest BCUT2D eigenvalue weighted by molar-refractivity contribution is 6.30. The standard InChI is InChI=1S/C27H22ClN5O3/c28-21-11-13-22(14-12-21)30-23(34)17-33-26(35)24-25(29-18-31(24)15-19-7-3-1-4-8-19)32(27(33)36)16-20-9-5-2-6-10-20/h1-14,18H,15-17H2,(H,30,34). The van der Waals surface area contributed by atoms with Crippen LogP contribution >= 0.6 is 11.6 Å². The van der Waals surface area contributed by atoms with Crippen molar-refractivity contribution in [2.45, 2.75) is 19.6 Å². The second kappa shape index (κ2) is 10.1. The average Bonchev–Trinajstić information content (AvgIpc) is 3.30. The zero-order valence-corrected chi connectivity index (χ0v) is 19.9. The molecule has 0 aliphatic rings. The molecule has 0 spiro atoms. The number of anilines is 1. The Hall–Kier alpha value is -4.43. The average molecular weight is 500 g/mol. The van der Waals surface area contributed by atoms with Crippen LogP contribution in [0.4, 0.5) is 5.69 Å². The predicted molar refractivity (Wildman–Crippen MR) is 139 cm³/mol. The first-order chi connectivity index (χ1) is 17.5. The first-order valence-corrected chi connectivity index (χ1v) is 11.7. The summed E-state index contributed by atoms with van der Waals surface area (Å²) in [6.07, 6.45) is 1.55. The van der Waals surface area contributed by atoms with Gasteiger partial charge in [0.1, 0.15) is 6.54 Å². The van der Waals surface area contributed by atoms with E-state index in [0.717, 1.165) is 15.7 Å². The number of aromatic nitrogens is 4. The lowest BCUT2D eigenvalue weighted by atomic mass is 10.2. The molecule has 0 aliphatic heterocycles. The predicted octanol–water partition coefficient (Wildman–Crippen LogP) is 3.75. The van der Waals surface area contributed by atoms with E-state index in [1.54, 1.807) is 35.2 Å². The molecule has 0 radical (unpaired) electrons. The van der Waals surface area contributed by atoms with Gasteiger partial charge in [-0.25, -0.2) is 14.3 Å². The summed E-state index contributed by atoms with van der Waals surface area (Å²) in [5.41, 5.74) is 1.72. The summed E-state index contributed by atoms with van der Waals surface area (Å²) in [7, 11) is 0. The second-order valence-electron chi connectivity index (χ2n) is 8.33. The normalized spacial score (nSPS) is 11.0. The molecular formula is C27H22ClN5O3. The third-order valence-corrected chi connectivity index (χ3v) is 6.04. The lowest BCUT2D eigenvalue weighted by Crippen LogP contribution is -2.43. The van der Waals surface area contributed by atoms with Crippen LogP contribution in [-0.2, 0) is 24.4 Å². The molecule has 9 heteroatoms. The minimum absolute atomic E-state index is 0.206. The van der Waals surface area contributed by atoms with Crippen LogP contribution in [0.2, 0.25) is 5.02 Å². The molecule has 0 bridgehead atoms. The number of halogens is 1. The summed E-state index contributed by atoms with van der Waals surface area (Å²) in [5.74, 6) is -0.503.